The number of nitrogens with zero attached hydrogens (tertiary/aromatic N) is 4. The fourth-order valence-corrected chi connectivity index (χ4v) is 3.48. The van der Waals surface area contributed by atoms with Crippen molar-refractivity contribution in [2.75, 3.05) is 0 Å². The summed E-state index contributed by atoms with van der Waals surface area (Å²) in [6, 6.07) is 12.1. The number of pyridine rings is 1. The van der Waals surface area contributed by atoms with Crippen LogP contribution in [0.5, 0.6) is 0 Å². The van der Waals surface area contributed by atoms with Gasteiger partial charge in [0.2, 0.25) is 11.8 Å². The second kappa shape index (κ2) is 9.61. The number of alkyl carbamates (subject to hydrolysis) is 1. The first-order valence-corrected chi connectivity index (χ1v) is 11.1. The van der Waals surface area contributed by atoms with E-state index in [0.717, 1.165) is 5.56 Å². The average Bonchev–Trinajstić information content (AvgIpc) is 3.51. The summed E-state index contributed by atoms with van der Waals surface area (Å²) in [5.41, 5.74) is -0.713. The second-order valence-electron chi connectivity index (χ2n) is 9.30. The number of carbonyl (C=O) groups is 2. The molecule has 0 aliphatic rings. The van der Waals surface area contributed by atoms with Crippen LogP contribution in [0.15, 0.2) is 63.8 Å². The van der Waals surface area contributed by atoms with Crippen molar-refractivity contribution < 1.29 is 28.3 Å². The SMILES string of the molecule is CC(C)(C)OC(=O)N[C@@](C)(Cc1ccccc1)c1nnc(-c2cc(C(=O)O)cc(-c3ncco3)n2)o1. The Morgan fingerprint density at radius 1 is 1.03 bits per heavy atom. The van der Waals surface area contributed by atoms with Crippen LogP contribution in [0.3, 0.4) is 0 Å². The van der Waals surface area contributed by atoms with Crippen molar-refractivity contribution in [3.05, 3.63) is 71.9 Å². The highest BCUT2D eigenvalue weighted by Gasteiger charge is 2.37. The van der Waals surface area contributed by atoms with E-state index in [0.29, 0.717) is 6.42 Å². The van der Waals surface area contributed by atoms with E-state index < -0.39 is 23.2 Å². The largest absolute Gasteiger partial charge is 0.478 e. The monoisotopic (exact) mass is 491 g/mol. The molecule has 3 aromatic heterocycles. The van der Waals surface area contributed by atoms with Gasteiger partial charge in [-0.25, -0.2) is 19.6 Å². The molecule has 0 spiro atoms. The van der Waals surface area contributed by atoms with Gasteiger partial charge in [-0.2, -0.15) is 0 Å². The molecule has 36 heavy (non-hydrogen) atoms. The van der Waals surface area contributed by atoms with Crippen LogP contribution in [0.25, 0.3) is 23.2 Å². The molecule has 11 heteroatoms. The molecular formula is C25H25N5O6. The molecule has 1 amide bonds. The van der Waals surface area contributed by atoms with E-state index in [9.17, 15) is 14.7 Å². The maximum absolute atomic E-state index is 12.7. The van der Waals surface area contributed by atoms with E-state index >= 15 is 0 Å². The van der Waals surface area contributed by atoms with Crippen LogP contribution in [0.1, 0.15) is 49.5 Å². The lowest BCUT2D eigenvalue weighted by Crippen LogP contribution is -2.47. The van der Waals surface area contributed by atoms with Gasteiger partial charge in [-0.05, 0) is 45.4 Å². The molecule has 0 saturated carbocycles. The molecule has 0 aliphatic heterocycles. The quantitative estimate of drug-likeness (QED) is 0.378. The first-order valence-electron chi connectivity index (χ1n) is 11.1. The highest BCUT2D eigenvalue weighted by molar-refractivity contribution is 5.89. The van der Waals surface area contributed by atoms with Gasteiger partial charge in [-0.15, -0.1) is 10.2 Å². The Kier molecular flexibility index (Phi) is 6.56. The molecule has 1 atom stereocenters. The summed E-state index contributed by atoms with van der Waals surface area (Å²) >= 11 is 0. The highest BCUT2D eigenvalue weighted by atomic mass is 16.6. The van der Waals surface area contributed by atoms with Crippen molar-refractivity contribution in [1.82, 2.24) is 25.5 Å². The van der Waals surface area contributed by atoms with Crippen LogP contribution in [-0.4, -0.2) is 42.9 Å². The van der Waals surface area contributed by atoms with Gasteiger partial charge < -0.3 is 24.0 Å². The molecule has 4 rings (SSSR count). The van der Waals surface area contributed by atoms with Crippen LogP contribution in [-0.2, 0) is 16.7 Å². The number of carbonyl (C=O) groups excluding carboxylic acids is 1. The summed E-state index contributed by atoms with van der Waals surface area (Å²) in [5, 5.41) is 20.7. The molecule has 0 aliphatic carbocycles. The molecule has 0 radical (unpaired) electrons. The van der Waals surface area contributed by atoms with Crippen LogP contribution in [0.2, 0.25) is 0 Å². The van der Waals surface area contributed by atoms with E-state index in [1.54, 1.807) is 27.7 Å². The van der Waals surface area contributed by atoms with Gasteiger partial charge in [0, 0.05) is 6.42 Å². The number of benzene rings is 1. The van der Waals surface area contributed by atoms with Crippen LogP contribution < -0.4 is 5.32 Å². The first-order chi connectivity index (χ1) is 17.0. The number of aromatic carboxylic acids is 1. The molecular weight excluding hydrogens is 466 g/mol. The van der Waals surface area contributed by atoms with Gasteiger partial charge in [0.1, 0.15) is 28.8 Å². The number of ether oxygens (including phenoxy) is 1. The fraction of sp³-hybridized carbons (Fsp3) is 0.280. The fourth-order valence-electron chi connectivity index (χ4n) is 3.48. The van der Waals surface area contributed by atoms with Crippen molar-refractivity contribution in [3.8, 4) is 23.2 Å². The van der Waals surface area contributed by atoms with Gasteiger partial charge in [0.05, 0.1) is 11.8 Å². The Morgan fingerprint density at radius 3 is 2.33 bits per heavy atom. The number of carboxylic acid groups (broad SMARTS) is 1. The predicted octanol–water partition coefficient (Wildman–Crippen LogP) is 4.47. The summed E-state index contributed by atoms with van der Waals surface area (Å²) in [4.78, 5) is 32.8. The van der Waals surface area contributed by atoms with Crippen molar-refractivity contribution >= 4 is 12.1 Å². The standard InChI is InChI=1S/C25H25N5O6/c1-24(2,3)36-23(33)28-25(4,14-15-8-6-5-7-9-15)22-30-29-20(35-22)18-13-16(21(31)32)12-17(27-18)19-26-10-11-34-19/h5-13H,14H2,1-4H3,(H,28,33)(H,31,32)/t25-/m0/s1. The number of aromatic nitrogens is 4. The van der Waals surface area contributed by atoms with Crippen LogP contribution in [0, 0.1) is 0 Å². The molecule has 0 fully saturated rings. The number of nitrogens with one attached hydrogen (secondary N) is 1. The van der Waals surface area contributed by atoms with Gasteiger partial charge in [-0.3, -0.25) is 0 Å². The summed E-state index contributed by atoms with van der Waals surface area (Å²) < 4.78 is 16.7. The summed E-state index contributed by atoms with van der Waals surface area (Å²) in [5.74, 6) is -0.982. The van der Waals surface area contributed by atoms with E-state index in [-0.39, 0.29) is 34.6 Å². The normalized spacial score (nSPS) is 13.1. The molecule has 4 aromatic rings. The van der Waals surface area contributed by atoms with Gasteiger partial charge in [0.25, 0.3) is 5.89 Å². The first kappa shape index (κ1) is 24.6. The zero-order valence-electron chi connectivity index (χ0n) is 20.2. The van der Waals surface area contributed by atoms with E-state index in [1.807, 2.05) is 30.3 Å². The Morgan fingerprint density at radius 2 is 1.72 bits per heavy atom. The van der Waals surface area contributed by atoms with Crippen LogP contribution in [0.4, 0.5) is 4.79 Å². The van der Waals surface area contributed by atoms with E-state index in [2.05, 4.69) is 25.5 Å². The lowest BCUT2D eigenvalue weighted by molar-refractivity contribution is 0.0443. The minimum Gasteiger partial charge on any atom is -0.478 e. The number of rotatable bonds is 7. The average molecular weight is 492 g/mol. The van der Waals surface area contributed by atoms with Gasteiger partial charge in [0.15, 0.2) is 0 Å². The third-order valence-corrected chi connectivity index (χ3v) is 5.02. The maximum atomic E-state index is 12.7. The van der Waals surface area contributed by atoms with Gasteiger partial charge in [-0.1, -0.05) is 30.3 Å². The third-order valence-electron chi connectivity index (χ3n) is 5.02. The van der Waals surface area contributed by atoms with Crippen molar-refractivity contribution in [1.29, 1.82) is 0 Å². The van der Waals surface area contributed by atoms with E-state index in [1.165, 1.54) is 24.6 Å². The van der Waals surface area contributed by atoms with Crippen LogP contribution >= 0.6 is 0 Å². The molecule has 1 aromatic carbocycles. The number of hydrogen-bond donors (Lipinski definition) is 2. The van der Waals surface area contributed by atoms with Crippen molar-refractivity contribution in [2.24, 2.45) is 0 Å². The number of oxazole rings is 1. The van der Waals surface area contributed by atoms with Crippen molar-refractivity contribution in [3.63, 3.8) is 0 Å². The second-order valence-corrected chi connectivity index (χ2v) is 9.30. The summed E-state index contributed by atoms with van der Waals surface area (Å²) in [7, 11) is 0. The predicted molar refractivity (Wildman–Crippen MR) is 127 cm³/mol. The Bertz CT molecular complexity index is 1360. The Hall–Kier alpha value is -4.54. The lowest BCUT2D eigenvalue weighted by Gasteiger charge is -2.29. The number of amides is 1. The molecule has 186 valence electrons. The summed E-state index contributed by atoms with van der Waals surface area (Å²) in [6.45, 7) is 7.02. The van der Waals surface area contributed by atoms with E-state index in [4.69, 9.17) is 13.6 Å². The molecule has 0 bridgehead atoms. The maximum Gasteiger partial charge on any atom is 0.408 e. The number of carboxylic acids is 1. The molecule has 0 saturated heterocycles. The zero-order valence-corrected chi connectivity index (χ0v) is 20.2. The molecule has 11 nitrogen and oxygen atoms in total. The lowest BCUT2D eigenvalue weighted by atomic mass is 9.92. The topological polar surface area (TPSA) is 153 Å². The zero-order chi connectivity index (χ0) is 25.9. The van der Waals surface area contributed by atoms with Crippen molar-refractivity contribution in [2.45, 2.75) is 45.3 Å². The minimum atomic E-state index is -1.17. The minimum absolute atomic E-state index is 0.0359. The Labute approximate surface area is 206 Å². The summed E-state index contributed by atoms with van der Waals surface area (Å²) in [6.07, 6.45) is 2.44. The Balaban J connectivity index is 1.72. The molecule has 3 heterocycles. The van der Waals surface area contributed by atoms with Gasteiger partial charge >= 0.3 is 12.1 Å². The number of hydrogen-bond acceptors (Lipinski definition) is 9. The smallest absolute Gasteiger partial charge is 0.408 e. The third kappa shape index (κ3) is 5.74. The highest BCUT2D eigenvalue weighted by Crippen LogP contribution is 2.29. The molecule has 0 unspecified atom stereocenters. The molecule has 2 N–H and O–H groups in total.